The Labute approximate surface area is 132 Å². The van der Waals surface area contributed by atoms with Crippen molar-refractivity contribution < 1.29 is 18.3 Å². The first-order chi connectivity index (χ1) is 10.5. The van der Waals surface area contributed by atoms with Crippen molar-refractivity contribution in [1.82, 2.24) is 4.31 Å². The summed E-state index contributed by atoms with van der Waals surface area (Å²) in [5, 5.41) is 8.96. The first kappa shape index (κ1) is 17.1. The van der Waals surface area contributed by atoms with Gasteiger partial charge in [0.15, 0.2) is 5.78 Å². The number of sulfonamides is 1. The zero-order chi connectivity index (χ0) is 16.2. The number of carbonyl (C=O) groups excluding carboxylic acids is 1. The Morgan fingerprint density at radius 2 is 2.00 bits per heavy atom. The minimum absolute atomic E-state index is 0.183. The van der Waals surface area contributed by atoms with Crippen LogP contribution in [0.1, 0.15) is 41.3 Å². The van der Waals surface area contributed by atoms with Crippen molar-refractivity contribution in [3.8, 4) is 0 Å². The second kappa shape index (κ2) is 7.35. The van der Waals surface area contributed by atoms with Crippen molar-refractivity contribution in [2.75, 3.05) is 25.4 Å². The van der Waals surface area contributed by atoms with Crippen LogP contribution in [0.4, 0.5) is 0 Å². The highest BCUT2D eigenvalue weighted by molar-refractivity contribution is 7.89. The van der Waals surface area contributed by atoms with E-state index < -0.39 is 16.6 Å². The lowest BCUT2D eigenvalue weighted by molar-refractivity contribution is 0.0903. The van der Waals surface area contributed by atoms with Crippen molar-refractivity contribution in [3.05, 3.63) is 34.9 Å². The highest BCUT2D eigenvalue weighted by atomic mass is 32.2. The zero-order valence-corrected chi connectivity index (χ0v) is 13.7. The van der Waals surface area contributed by atoms with Crippen LogP contribution in [0, 0.1) is 0 Å². The SMILES string of the molecule is CCCS(=O)(=O)N1CCCc2ccc(C(=O)CO)cc2CC1. The fourth-order valence-electron chi connectivity index (χ4n) is 2.84. The summed E-state index contributed by atoms with van der Waals surface area (Å²) in [6.07, 6.45) is 2.81. The Balaban J connectivity index is 2.21. The minimum atomic E-state index is -3.18. The molecule has 0 bridgehead atoms. The molecule has 6 heteroatoms. The molecule has 2 rings (SSSR count). The van der Waals surface area contributed by atoms with Crippen LogP contribution in [-0.4, -0.2) is 49.1 Å². The molecule has 0 spiro atoms. The van der Waals surface area contributed by atoms with Gasteiger partial charge in [-0.1, -0.05) is 19.1 Å². The van der Waals surface area contributed by atoms with Gasteiger partial charge in [0, 0.05) is 18.7 Å². The van der Waals surface area contributed by atoms with Crippen LogP contribution in [0.5, 0.6) is 0 Å². The predicted octanol–water partition coefficient (Wildman–Crippen LogP) is 1.39. The summed E-state index contributed by atoms with van der Waals surface area (Å²) in [6, 6.07) is 5.46. The predicted molar refractivity (Wildman–Crippen MR) is 85.5 cm³/mol. The number of benzene rings is 1. The topological polar surface area (TPSA) is 74.7 Å². The summed E-state index contributed by atoms with van der Waals surface area (Å²) in [7, 11) is -3.18. The lowest BCUT2D eigenvalue weighted by atomic mass is 9.95. The van der Waals surface area contributed by atoms with E-state index in [1.165, 1.54) is 5.56 Å². The number of aryl methyl sites for hydroxylation is 1. The van der Waals surface area contributed by atoms with Gasteiger partial charge in [0.25, 0.3) is 0 Å². The lowest BCUT2D eigenvalue weighted by Crippen LogP contribution is -2.36. The largest absolute Gasteiger partial charge is 0.388 e. The Morgan fingerprint density at radius 3 is 2.68 bits per heavy atom. The van der Waals surface area contributed by atoms with Gasteiger partial charge in [0.2, 0.25) is 10.0 Å². The molecule has 1 aliphatic rings. The molecule has 0 unspecified atom stereocenters. The highest BCUT2D eigenvalue weighted by Crippen LogP contribution is 2.20. The van der Waals surface area contributed by atoms with Crippen molar-refractivity contribution in [1.29, 1.82) is 0 Å². The van der Waals surface area contributed by atoms with Crippen molar-refractivity contribution in [2.24, 2.45) is 0 Å². The van der Waals surface area contributed by atoms with Gasteiger partial charge in [-0.2, -0.15) is 0 Å². The first-order valence-electron chi connectivity index (χ1n) is 7.71. The van der Waals surface area contributed by atoms with Crippen LogP contribution in [0.3, 0.4) is 0 Å². The maximum absolute atomic E-state index is 12.2. The molecule has 22 heavy (non-hydrogen) atoms. The number of fused-ring (bicyclic) bond motifs is 1. The second-order valence-electron chi connectivity index (χ2n) is 5.63. The van der Waals surface area contributed by atoms with Gasteiger partial charge in [0.1, 0.15) is 6.61 Å². The molecule has 0 atom stereocenters. The Kier molecular flexibility index (Phi) is 5.72. The van der Waals surface area contributed by atoms with Crippen molar-refractivity contribution >= 4 is 15.8 Å². The van der Waals surface area contributed by atoms with Gasteiger partial charge in [-0.3, -0.25) is 4.79 Å². The summed E-state index contributed by atoms with van der Waals surface area (Å²) in [4.78, 5) is 11.6. The number of ketones is 1. The van der Waals surface area contributed by atoms with Crippen LogP contribution in [-0.2, 0) is 22.9 Å². The molecule has 0 saturated heterocycles. The quantitative estimate of drug-likeness (QED) is 0.830. The van der Waals surface area contributed by atoms with E-state index in [0.717, 1.165) is 18.4 Å². The van der Waals surface area contributed by atoms with E-state index in [2.05, 4.69) is 0 Å². The van der Waals surface area contributed by atoms with Gasteiger partial charge >= 0.3 is 0 Å². The smallest absolute Gasteiger partial charge is 0.214 e. The molecule has 1 aromatic rings. The summed E-state index contributed by atoms with van der Waals surface area (Å²) in [6.45, 7) is 2.37. The molecule has 0 aromatic heterocycles. The number of hydrogen-bond donors (Lipinski definition) is 1. The maximum atomic E-state index is 12.2. The Morgan fingerprint density at radius 1 is 1.23 bits per heavy atom. The van der Waals surface area contributed by atoms with Crippen LogP contribution >= 0.6 is 0 Å². The number of Topliss-reactive ketones (excluding diaryl/α,β-unsaturated/α-hetero) is 1. The normalized spacial score (nSPS) is 16.6. The molecule has 122 valence electrons. The van der Waals surface area contributed by atoms with E-state index in [-0.39, 0.29) is 11.5 Å². The van der Waals surface area contributed by atoms with Crippen LogP contribution < -0.4 is 0 Å². The summed E-state index contributed by atoms with van der Waals surface area (Å²) in [5.74, 6) is -0.122. The lowest BCUT2D eigenvalue weighted by Gasteiger charge is -2.25. The molecule has 1 aliphatic heterocycles. The van der Waals surface area contributed by atoms with Crippen LogP contribution in [0.15, 0.2) is 18.2 Å². The van der Waals surface area contributed by atoms with Crippen molar-refractivity contribution in [3.63, 3.8) is 0 Å². The standard InChI is InChI=1S/C16H23NO4S/c1-2-10-22(20,21)17-8-3-4-13-5-6-15(16(19)12-18)11-14(13)7-9-17/h5-6,11,18H,2-4,7-10,12H2,1H3. The molecule has 1 aromatic carbocycles. The van der Waals surface area contributed by atoms with Gasteiger partial charge in [-0.15, -0.1) is 0 Å². The third-order valence-corrected chi connectivity index (χ3v) is 6.09. The maximum Gasteiger partial charge on any atom is 0.214 e. The summed E-state index contributed by atoms with van der Waals surface area (Å²) >= 11 is 0. The Hall–Kier alpha value is -1.24. The third-order valence-electron chi connectivity index (χ3n) is 4.01. The Bertz CT molecular complexity index is 640. The average Bonchev–Trinajstić information content (AvgIpc) is 2.46. The first-order valence-corrected chi connectivity index (χ1v) is 9.32. The number of carbonyl (C=O) groups is 1. The van der Waals surface area contributed by atoms with E-state index in [9.17, 15) is 13.2 Å². The molecule has 0 aliphatic carbocycles. The van der Waals surface area contributed by atoms with E-state index in [1.807, 2.05) is 13.0 Å². The van der Waals surface area contributed by atoms with Crippen molar-refractivity contribution in [2.45, 2.75) is 32.6 Å². The number of aliphatic hydroxyl groups excluding tert-OH is 1. The molecule has 1 N–H and O–H groups in total. The molecule has 5 nitrogen and oxygen atoms in total. The van der Waals surface area contributed by atoms with Gasteiger partial charge in [-0.25, -0.2) is 12.7 Å². The molecule has 0 fully saturated rings. The van der Waals surface area contributed by atoms with E-state index in [4.69, 9.17) is 5.11 Å². The third kappa shape index (κ3) is 3.94. The zero-order valence-electron chi connectivity index (χ0n) is 12.9. The van der Waals surface area contributed by atoms with Gasteiger partial charge < -0.3 is 5.11 Å². The van der Waals surface area contributed by atoms with Gasteiger partial charge in [-0.05, 0) is 42.9 Å². The van der Waals surface area contributed by atoms with Crippen LogP contribution in [0.25, 0.3) is 0 Å². The van der Waals surface area contributed by atoms with E-state index in [0.29, 0.717) is 31.5 Å². The number of hydrogen-bond acceptors (Lipinski definition) is 4. The monoisotopic (exact) mass is 325 g/mol. The van der Waals surface area contributed by atoms with Crippen LogP contribution in [0.2, 0.25) is 0 Å². The molecule has 0 saturated carbocycles. The van der Waals surface area contributed by atoms with E-state index >= 15 is 0 Å². The van der Waals surface area contributed by atoms with Gasteiger partial charge in [0.05, 0.1) is 5.75 Å². The summed E-state index contributed by atoms with van der Waals surface area (Å²) < 4.78 is 26.0. The number of rotatable bonds is 5. The average molecular weight is 325 g/mol. The minimum Gasteiger partial charge on any atom is -0.388 e. The highest BCUT2D eigenvalue weighted by Gasteiger charge is 2.23. The summed E-state index contributed by atoms with van der Waals surface area (Å²) in [5.41, 5.74) is 2.67. The fourth-order valence-corrected chi connectivity index (χ4v) is 4.39. The van der Waals surface area contributed by atoms with E-state index in [1.54, 1.807) is 16.4 Å². The molecular weight excluding hydrogens is 302 g/mol. The number of nitrogens with zero attached hydrogens (tertiary/aromatic N) is 1. The second-order valence-corrected chi connectivity index (χ2v) is 7.72. The molecule has 1 heterocycles. The number of aliphatic hydroxyl groups is 1. The fraction of sp³-hybridized carbons (Fsp3) is 0.562. The molecular formula is C16H23NO4S. The molecule has 0 radical (unpaired) electrons. The molecule has 0 amide bonds.